The summed E-state index contributed by atoms with van der Waals surface area (Å²) in [6, 6.07) is 16.5. The van der Waals surface area contributed by atoms with Crippen LogP contribution in [0.15, 0.2) is 70.5 Å². The maximum absolute atomic E-state index is 13.1. The fourth-order valence-corrected chi connectivity index (χ4v) is 3.93. The molecule has 0 saturated heterocycles. The van der Waals surface area contributed by atoms with Crippen LogP contribution in [0.4, 0.5) is 0 Å². The van der Waals surface area contributed by atoms with Crippen LogP contribution in [0, 0.1) is 11.3 Å². The number of benzene rings is 1. The van der Waals surface area contributed by atoms with Crippen LogP contribution in [0.3, 0.4) is 0 Å². The van der Waals surface area contributed by atoms with E-state index in [9.17, 15) is 14.9 Å². The molecule has 5 rings (SSSR count). The van der Waals surface area contributed by atoms with Crippen LogP contribution in [0.2, 0.25) is 0 Å². The number of nitriles is 1. The first-order valence-electron chi connectivity index (χ1n) is 10.8. The van der Waals surface area contributed by atoms with Gasteiger partial charge in [0.1, 0.15) is 5.52 Å². The number of hydrogen-bond donors (Lipinski definition) is 1. The first-order valence-corrected chi connectivity index (χ1v) is 10.8. The van der Waals surface area contributed by atoms with E-state index in [1.807, 2.05) is 12.1 Å². The molecule has 0 saturated carbocycles. The van der Waals surface area contributed by atoms with Crippen LogP contribution in [0.5, 0.6) is 5.88 Å². The van der Waals surface area contributed by atoms with Crippen molar-refractivity contribution in [2.45, 2.75) is 19.3 Å². The molecular formula is C26H20N6O3. The first-order chi connectivity index (χ1) is 16.8. The molecule has 0 radical (unpaired) electrons. The summed E-state index contributed by atoms with van der Waals surface area (Å²) in [5.41, 5.74) is 1.89. The average Bonchev–Trinajstić information content (AvgIpc) is 2.88. The lowest BCUT2D eigenvalue weighted by Gasteiger charge is -2.18. The summed E-state index contributed by atoms with van der Waals surface area (Å²) >= 11 is 0. The highest BCUT2D eigenvalue weighted by Gasteiger charge is 2.21. The molecule has 0 aliphatic carbocycles. The van der Waals surface area contributed by atoms with Crippen LogP contribution in [-0.4, -0.2) is 31.6 Å². The van der Waals surface area contributed by atoms with Gasteiger partial charge < -0.3 is 4.74 Å². The molecule has 0 aliphatic rings. The van der Waals surface area contributed by atoms with Gasteiger partial charge in [0, 0.05) is 24.0 Å². The summed E-state index contributed by atoms with van der Waals surface area (Å²) < 4.78 is 6.53. The zero-order valence-corrected chi connectivity index (χ0v) is 19.2. The van der Waals surface area contributed by atoms with Gasteiger partial charge in [-0.05, 0) is 49.7 Å². The number of hydrogen-bond acceptors (Lipinski definition) is 7. The van der Waals surface area contributed by atoms with E-state index >= 15 is 0 Å². The predicted molar refractivity (Wildman–Crippen MR) is 132 cm³/mol. The molecule has 172 valence electrons. The number of rotatable bonds is 4. The number of pyridine rings is 3. The molecule has 0 amide bonds. The Hall–Kier alpha value is -4.84. The Morgan fingerprint density at radius 3 is 2.60 bits per heavy atom. The molecule has 0 unspecified atom stereocenters. The molecular weight excluding hydrogens is 444 g/mol. The minimum absolute atomic E-state index is 0.222. The molecule has 9 heteroatoms. The molecule has 0 spiro atoms. The summed E-state index contributed by atoms with van der Waals surface area (Å²) in [5.74, 6) is 0.474. The lowest BCUT2D eigenvalue weighted by molar-refractivity contribution is 0.398. The Morgan fingerprint density at radius 2 is 1.89 bits per heavy atom. The number of aromatic nitrogens is 5. The third-order valence-corrected chi connectivity index (χ3v) is 5.92. The number of nitrogens with one attached hydrogen (secondary N) is 1. The Balaban J connectivity index is 1.84. The summed E-state index contributed by atoms with van der Waals surface area (Å²) in [5, 5.41) is 9.81. The molecule has 1 N–H and O–H groups in total. The fraction of sp³-hybridized carbons (Fsp3) is 0.154. The van der Waals surface area contributed by atoms with Crippen LogP contribution < -0.4 is 16.0 Å². The zero-order chi connectivity index (χ0) is 24.7. The van der Waals surface area contributed by atoms with E-state index in [1.165, 1.54) is 17.9 Å². The molecule has 5 aromatic rings. The Bertz CT molecular complexity index is 1760. The highest BCUT2D eigenvalue weighted by Crippen LogP contribution is 2.28. The molecule has 0 fully saturated rings. The third kappa shape index (κ3) is 3.71. The monoisotopic (exact) mass is 464 g/mol. The number of H-pyrrole nitrogens is 1. The van der Waals surface area contributed by atoms with Gasteiger partial charge in [0.25, 0.3) is 5.56 Å². The second-order valence-electron chi connectivity index (χ2n) is 8.56. The maximum atomic E-state index is 13.1. The van der Waals surface area contributed by atoms with E-state index in [-0.39, 0.29) is 5.39 Å². The van der Waals surface area contributed by atoms with Crippen molar-refractivity contribution < 1.29 is 4.74 Å². The molecule has 9 nitrogen and oxygen atoms in total. The predicted octanol–water partition coefficient (Wildman–Crippen LogP) is 3.49. The van der Waals surface area contributed by atoms with Crippen molar-refractivity contribution in [3.05, 3.63) is 87.3 Å². The molecule has 4 aromatic heterocycles. The van der Waals surface area contributed by atoms with Crippen molar-refractivity contribution >= 4 is 21.9 Å². The quantitative estimate of drug-likeness (QED) is 0.403. The van der Waals surface area contributed by atoms with Crippen molar-refractivity contribution in [2.75, 3.05) is 7.11 Å². The van der Waals surface area contributed by atoms with Crippen molar-refractivity contribution in [3.8, 4) is 28.9 Å². The fourth-order valence-electron chi connectivity index (χ4n) is 3.93. The van der Waals surface area contributed by atoms with E-state index in [4.69, 9.17) is 9.72 Å². The van der Waals surface area contributed by atoms with Crippen molar-refractivity contribution in [1.29, 1.82) is 5.26 Å². The molecule has 35 heavy (non-hydrogen) atoms. The summed E-state index contributed by atoms with van der Waals surface area (Å²) in [4.78, 5) is 41.6. The Morgan fingerprint density at radius 1 is 1.06 bits per heavy atom. The minimum atomic E-state index is -0.770. The van der Waals surface area contributed by atoms with Crippen LogP contribution >= 0.6 is 0 Å². The van der Waals surface area contributed by atoms with Crippen LogP contribution in [0.25, 0.3) is 38.9 Å². The summed E-state index contributed by atoms with van der Waals surface area (Å²) in [6.07, 6.45) is 3.07. The zero-order valence-electron chi connectivity index (χ0n) is 19.2. The van der Waals surface area contributed by atoms with E-state index in [0.717, 1.165) is 11.1 Å². The van der Waals surface area contributed by atoms with E-state index < -0.39 is 16.7 Å². The highest BCUT2D eigenvalue weighted by molar-refractivity contribution is 6.01. The number of methoxy groups -OCH3 is 1. The summed E-state index contributed by atoms with van der Waals surface area (Å²) in [7, 11) is 1.54. The molecule has 1 aromatic carbocycles. The van der Waals surface area contributed by atoms with Crippen molar-refractivity contribution in [2.24, 2.45) is 0 Å². The van der Waals surface area contributed by atoms with E-state index in [2.05, 4.69) is 21.0 Å². The van der Waals surface area contributed by atoms with E-state index in [0.29, 0.717) is 33.8 Å². The Labute approximate surface area is 199 Å². The minimum Gasteiger partial charge on any atom is -0.481 e. The van der Waals surface area contributed by atoms with Crippen molar-refractivity contribution in [1.82, 2.24) is 24.5 Å². The van der Waals surface area contributed by atoms with Crippen LogP contribution in [-0.2, 0) is 5.41 Å². The van der Waals surface area contributed by atoms with E-state index in [1.54, 1.807) is 56.4 Å². The van der Waals surface area contributed by atoms with Crippen LogP contribution in [0.1, 0.15) is 19.4 Å². The Kier molecular flexibility index (Phi) is 5.14. The smallest absolute Gasteiger partial charge is 0.333 e. The SMILES string of the molecule is COc1ccc(-c2ccc3ncc4c(=O)[nH]c(=O)n(-c5cccc(C(C)(C)C#N)c5)c4c3n2)cn1. The van der Waals surface area contributed by atoms with Gasteiger partial charge in [-0.2, -0.15) is 5.26 Å². The molecule has 0 bridgehead atoms. The van der Waals surface area contributed by atoms with Gasteiger partial charge in [0.05, 0.1) is 46.4 Å². The number of fused-ring (bicyclic) bond motifs is 3. The van der Waals surface area contributed by atoms with Gasteiger partial charge in [-0.15, -0.1) is 0 Å². The van der Waals surface area contributed by atoms with Crippen molar-refractivity contribution in [3.63, 3.8) is 0 Å². The van der Waals surface area contributed by atoms with Gasteiger partial charge >= 0.3 is 5.69 Å². The lowest BCUT2D eigenvalue weighted by Crippen LogP contribution is -2.30. The second-order valence-corrected chi connectivity index (χ2v) is 8.56. The molecule has 0 aliphatic heterocycles. The topological polar surface area (TPSA) is 127 Å². The largest absolute Gasteiger partial charge is 0.481 e. The lowest BCUT2D eigenvalue weighted by atomic mass is 9.86. The van der Waals surface area contributed by atoms with Gasteiger partial charge in [-0.3, -0.25) is 19.3 Å². The summed E-state index contributed by atoms with van der Waals surface area (Å²) in [6.45, 7) is 3.60. The average molecular weight is 464 g/mol. The number of nitrogens with zero attached hydrogens (tertiary/aromatic N) is 5. The number of aromatic amines is 1. The third-order valence-electron chi connectivity index (χ3n) is 5.92. The number of ether oxygens (including phenoxy) is 1. The molecule has 0 atom stereocenters. The van der Waals surface area contributed by atoms with Gasteiger partial charge in [-0.25, -0.2) is 14.8 Å². The normalized spacial score (nSPS) is 11.5. The van der Waals surface area contributed by atoms with Gasteiger partial charge in [0.2, 0.25) is 5.88 Å². The van der Waals surface area contributed by atoms with Gasteiger partial charge in [-0.1, -0.05) is 12.1 Å². The highest BCUT2D eigenvalue weighted by atomic mass is 16.5. The standard InChI is InChI=1S/C26H20N6O3/c1-26(2,14-27)16-5-4-6-17(11-16)32-23-18(24(33)31-25(32)34)13-28-20-9-8-19(30-22(20)23)15-7-10-21(35-3)29-12-15/h4-13H,1-3H3,(H,31,33,34). The first kappa shape index (κ1) is 22.0. The maximum Gasteiger partial charge on any atom is 0.333 e. The molecule has 4 heterocycles. The van der Waals surface area contributed by atoms with Gasteiger partial charge in [0.15, 0.2) is 0 Å². The second kappa shape index (κ2) is 8.18.